The Morgan fingerprint density at radius 2 is 1.96 bits per heavy atom. The average Bonchev–Trinajstić information content (AvgIpc) is 3.10. The largest absolute Gasteiger partial charge is 0.351 e. The molecule has 1 fully saturated rings. The Balaban J connectivity index is 1.34. The van der Waals surface area contributed by atoms with E-state index in [-0.39, 0.29) is 5.91 Å². The van der Waals surface area contributed by atoms with Crippen molar-refractivity contribution in [1.29, 1.82) is 0 Å². The summed E-state index contributed by atoms with van der Waals surface area (Å²) >= 11 is 0. The molecule has 1 saturated carbocycles. The maximum atomic E-state index is 11.1. The standard InChI is InChI=1S/C20H28N6O/c1-15(27)21-12-18-9-19-14-25(7-8-26(19)24-18)13-16-10-22-20(23-11-16)17-5-3-2-4-6-17/h9-11,17H,2-8,12-14H2,1H3,(H,21,27). The van der Waals surface area contributed by atoms with Crippen molar-refractivity contribution in [2.75, 3.05) is 6.54 Å². The van der Waals surface area contributed by atoms with E-state index in [0.29, 0.717) is 12.5 Å². The lowest BCUT2D eigenvalue weighted by Gasteiger charge is -2.27. The Bertz CT molecular complexity index is 778. The van der Waals surface area contributed by atoms with Crippen LogP contribution in [0.25, 0.3) is 0 Å². The minimum atomic E-state index is -0.0285. The van der Waals surface area contributed by atoms with Crippen LogP contribution in [0.5, 0.6) is 0 Å². The van der Waals surface area contributed by atoms with Crippen LogP contribution in [0.1, 0.15) is 67.7 Å². The summed E-state index contributed by atoms with van der Waals surface area (Å²) in [5, 5.41) is 7.39. The van der Waals surface area contributed by atoms with E-state index in [0.717, 1.165) is 37.7 Å². The van der Waals surface area contributed by atoms with Gasteiger partial charge < -0.3 is 5.32 Å². The quantitative estimate of drug-likeness (QED) is 0.877. The number of hydrogen-bond acceptors (Lipinski definition) is 5. The number of nitrogens with one attached hydrogen (secondary N) is 1. The van der Waals surface area contributed by atoms with Crippen molar-refractivity contribution in [3.8, 4) is 0 Å². The third-order valence-electron chi connectivity index (χ3n) is 5.55. The first kappa shape index (κ1) is 18.1. The fraction of sp³-hybridized carbons (Fsp3) is 0.600. The molecule has 1 aliphatic heterocycles. The number of carbonyl (C=O) groups is 1. The molecular formula is C20H28N6O. The van der Waals surface area contributed by atoms with Crippen LogP contribution < -0.4 is 5.32 Å². The second kappa shape index (κ2) is 8.17. The molecule has 1 amide bonds. The van der Waals surface area contributed by atoms with Gasteiger partial charge in [-0.05, 0) is 18.9 Å². The normalized spacial score (nSPS) is 18.3. The second-order valence-corrected chi connectivity index (χ2v) is 7.75. The molecule has 0 spiro atoms. The van der Waals surface area contributed by atoms with Gasteiger partial charge in [0.1, 0.15) is 5.82 Å². The zero-order valence-corrected chi connectivity index (χ0v) is 16.0. The molecule has 0 unspecified atom stereocenters. The van der Waals surface area contributed by atoms with Gasteiger partial charge in [-0.1, -0.05) is 19.3 Å². The van der Waals surface area contributed by atoms with Crippen molar-refractivity contribution >= 4 is 5.91 Å². The monoisotopic (exact) mass is 368 g/mol. The first-order valence-electron chi connectivity index (χ1n) is 10.0. The number of amides is 1. The molecule has 0 atom stereocenters. The van der Waals surface area contributed by atoms with Crippen molar-refractivity contribution in [3.63, 3.8) is 0 Å². The lowest BCUT2D eigenvalue weighted by atomic mass is 9.89. The fourth-order valence-corrected chi connectivity index (χ4v) is 4.09. The molecule has 1 aliphatic carbocycles. The molecule has 0 radical (unpaired) electrons. The van der Waals surface area contributed by atoms with Gasteiger partial charge in [-0.15, -0.1) is 0 Å². The molecule has 1 N–H and O–H groups in total. The third kappa shape index (κ3) is 4.53. The molecular weight excluding hydrogens is 340 g/mol. The summed E-state index contributed by atoms with van der Waals surface area (Å²) in [5.74, 6) is 1.55. The molecule has 0 saturated heterocycles. The number of nitrogens with zero attached hydrogens (tertiary/aromatic N) is 5. The van der Waals surface area contributed by atoms with Crippen LogP contribution in [0.2, 0.25) is 0 Å². The third-order valence-corrected chi connectivity index (χ3v) is 5.55. The molecule has 2 aromatic heterocycles. The second-order valence-electron chi connectivity index (χ2n) is 7.75. The summed E-state index contributed by atoms with van der Waals surface area (Å²) in [6, 6.07) is 2.09. The van der Waals surface area contributed by atoms with Gasteiger partial charge in [-0.25, -0.2) is 9.97 Å². The molecule has 4 rings (SSSR count). The van der Waals surface area contributed by atoms with Crippen molar-refractivity contribution in [2.45, 2.75) is 71.1 Å². The van der Waals surface area contributed by atoms with Gasteiger partial charge in [0.05, 0.1) is 24.5 Å². The maximum absolute atomic E-state index is 11.1. The molecule has 7 heteroatoms. The summed E-state index contributed by atoms with van der Waals surface area (Å²) in [5.41, 5.74) is 3.28. The molecule has 2 aromatic rings. The highest BCUT2D eigenvalue weighted by molar-refractivity contribution is 5.72. The Kier molecular flexibility index (Phi) is 5.48. The summed E-state index contributed by atoms with van der Waals surface area (Å²) in [6.45, 7) is 5.56. The van der Waals surface area contributed by atoms with E-state index in [4.69, 9.17) is 0 Å². The number of aromatic nitrogens is 4. The van der Waals surface area contributed by atoms with Gasteiger partial charge in [-0.2, -0.15) is 5.10 Å². The fourth-order valence-electron chi connectivity index (χ4n) is 4.09. The average molecular weight is 368 g/mol. The van der Waals surface area contributed by atoms with Crippen molar-refractivity contribution in [1.82, 2.24) is 30.0 Å². The molecule has 0 aromatic carbocycles. The summed E-state index contributed by atoms with van der Waals surface area (Å²) in [7, 11) is 0. The zero-order chi connectivity index (χ0) is 18.6. The number of rotatable bonds is 5. The number of fused-ring (bicyclic) bond motifs is 1. The predicted octanol–water partition coefficient (Wildman–Crippen LogP) is 2.37. The molecule has 0 bridgehead atoms. The lowest BCUT2D eigenvalue weighted by molar-refractivity contribution is -0.119. The van der Waals surface area contributed by atoms with Crippen molar-refractivity contribution in [3.05, 3.63) is 41.2 Å². The van der Waals surface area contributed by atoms with Crippen LogP contribution in [-0.4, -0.2) is 37.1 Å². The van der Waals surface area contributed by atoms with Gasteiger partial charge in [0.25, 0.3) is 0 Å². The summed E-state index contributed by atoms with van der Waals surface area (Å²) < 4.78 is 2.05. The van der Waals surface area contributed by atoms with Gasteiger partial charge in [0.15, 0.2) is 0 Å². The van der Waals surface area contributed by atoms with Crippen LogP contribution in [0.4, 0.5) is 0 Å². The van der Waals surface area contributed by atoms with Gasteiger partial charge in [0, 0.05) is 50.4 Å². The Hall–Kier alpha value is -2.28. The Morgan fingerprint density at radius 3 is 2.70 bits per heavy atom. The molecule has 3 heterocycles. The first-order chi connectivity index (χ1) is 13.2. The Labute approximate surface area is 160 Å². The smallest absolute Gasteiger partial charge is 0.217 e. The highest BCUT2D eigenvalue weighted by atomic mass is 16.1. The number of hydrogen-bond donors (Lipinski definition) is 1. The lowest BCUT2D eigenvalue weighted by Crippen LogP contribution is -2.33. The van der Waals surface area contributed by atoms with E-state index in [1.165, 1.54) is 50.3 Å². The first-order valence-corrected chi connectivity index (χ1v) is 10.0. The van der Waals surface area contributed by atoms with Crippen LogP contribution in [0, 0.1) is 0 Å². The predicted molar refractivity (Wildman–Crippen MR) is 102 cm³/mol. The van der Waals surface area contributed by atoms with E-state index >= 15 is 0 Å². The zero-order valence-electron chi connectivity index (χ0n) is 16.0. The Morgan fingerprint density at radius 1 is 1.19 bits per heavy atom. The van der Waals surface area contributed by atoms with Crippen LogP contribution >= 0.6 is 0 Å². The van der Waals surface area contributed by atoms with Crippen LogP contribution in [-0.2, 0) is 31.0 Å². The molecule has 7 nitrogen and oxygen atoms in total. The molecule has 144 valence electrons. The minimum Gasteiger partial charge on any atom is -0.351 e. The summed E-state index contributed by atoms with van der Waals surface area (Å²) in [6.07, 6.45) is 10.4. The van der Waals surface area contributed by atoms with Crippen molar-refractivity contribution in [2.24, 2.45) is 0 Å². The van der Waals surface area contributed by atoms with Gasteiger partial charge >= 0.3 is 0 Å². The SMILES string of the molecule is CC(=O)NCc1cc2n(n1)CCN(Cc1cnc(C3CCCCC3)nc1)C2. The van der Waals surface area contributed by atoms with E-state index in [9.17, 15) is 4.79 Å². The molecule has 27 heavy (non-hydrogen) atoms. The van der Waals surface area contributed by atoms with Crippen molar-refractivity contribution < 1.29 is 4.79 Å². The van der Waals surface area contributed by atoms with Gasteiger partial charge in [0.2, 0.25) is 5.91 Å². The summed E-state index contributed by atoms with van der Waals surface area (Å²) in [4.78, 5) is 22.8. The van der Waals surface area contributed by atoms with Crippen LogP contribution in [0.3, 0.4) is 0 Å². The molecule has 2 aliphatic rings. The van der Waals surface area contributed by atoms with E-state index < -0.39 is 0 Å². The highest BCUT2D eigenvalue weighted by Gasteiger charge is 2.20. The van der Waals surface area contributed by atoms with E-state index in [1.807, 2.05) is 12.4 Å². The van der Waals surface area contributed by atoms with Crippen LogP contribution in [0.15, 0.2) is 18.5 Å². The highest BCUT2D eigenvalue weighted by Crippen LogP contribution is 2.30. The number of carbonyl (C=O) groups excluding carboxylic acids is 1. The van der Waals surface area contributed by atoms with E-state index in [2.05, 4.69) is 36.0 Å². The topological polar surface area (TPSA) is 75.9 Å². The minimum absolute atomic E-state index is 0.0285. The van der Waals surface area contributed by atoms with E-state index in [1.54, 1.807) is 0 Å². The van der Waals surface area contributed by atoms with Gasteiger partial charge in [-0.3, -0.25) is 14.4 Å². The maximum Gasteiger partial charge on any atom is 0.217 e.